The van der Waals surface area contributed by atoms with Gasteiger partial charge in [-0.1, -0.05) is 0 Å². The third kappa shape index (κ3) is 3.76. The third-order valence-corrected chi connectivity index (χ3v) is 6.47. The van der Waals surface area contributed by atoms with Crippen LogP contribution in [0.15, 0.2) is 41.3 Å². The van der Waals surface area contributed by atoms with Crippen LogP contribution in [0.3, 0.4) is 0 Å². The van der Waals surface area contributed by atoms with Gasteiger partial charge in [-0.15, -0.1) is 11.8 Å². The highest BCUT2D eigenvalue weighted by molar-refractivity contribution is 8.00. The zero-order valence-electron chi connectivity index (χ0n) is 14.2. The van der Waals surface area contributed by atoms with Crippen LogP contribution in [-0.4, -0.2) is 32.3 Å². The predicted molar refractivity (Wildman–Crippen MR) is 98.3 cm³/mol. The molecule has 3 rings (SSSR count). The van der Waals surface area contributed by atoms with Gasteiger partial charge in [-0.25, -0.2) is 17.2 Å². The average molecular weight is 397 g/mol. The van der Waals surface area contributed by atoms with Crippen molar-refractivity contribution in [1.82, 2.24) is 0 Å². The fourth-order valence-corrected chi connectivity index (χ4v) is 5.21. The molecule has 138 valence electrons. The fraction of sp³-hybridized carbons (Fsp3) is 0.278. The summed E-state index contributed by atoms with van der Waals surface area (Å²) >= 11 is 0.932. The van der Waals surface area contributed by atoms with Crippen LogP contribution in [0.5, 0.6) is 0 Å². The number of ketones is 1. The van der Waals surface area contributed by atoms with Crippen molar-refractivity contribution in [2.24, 2.45) is 0 Å². The number of carbonyl (C=O) groups is 1. The van der Waals surface area contributed by atoms with Crippen LogP contribution in [0.1, 0.15) is 22.8 Å². The van der Waals surface area contributed by atoms with E-state index in [9.17, 15) is 22.0 Å². The summed E-state index contributed by atoms with van der Waals surface area (Å²) in [7, 11) is -3.39. The van der Waals surface area contributed by atoms with Gasteiger partial charge < -0.3 is 0 Å². The maximum Gasteiger partial charge on any atom is 0.232 e. The molecule has 0 fully saturated rings. The van der Waals surface area contributed by atoms with Gasteiger partial charge >= 0.3 is 0 Å². The Labute approximate surface area is 155 Å². The lowest BCUT2D eigenvalue weighted by molar-refractivity contribution is 0.102. The minimum Gasteiger partial charge on any atom is -0.293 e. The van der Waals surface area contributed by atoms with Crippen molar-refractivity contribution in [3.63, 3.8) is 0 Å². The van der Waals surface area contributed by atoms with Crippen molar-refractivity contribution in [3.05, 3.63) is 59.2 Å². The Morgan fingerprint density at radius 2 is 1.96 bits per heavy atom. The second-order valence-electron chi connectivity index (χ2n) is 6.24. The smallest absolute Gasteiger partial charge is 0.232 e. The zero-order valence-corrected chi connectivity index (χ0v) is 15.8. The molecule has 0 bridgehead atoms. The minimum atomic E-state index is -3.39. The molecule has 4 nitrogen and oxygen atoms in total. The summed E-state index contributed by atoms with van der Waals surface area (Å²) in [5.41, 5.74) is 1.80. The Morgan fingerprint density at radius 1 is 1.23 bits per heavy atom. The molecular weight excluding hydrogens is 380 g/mol. The van der Waals surface area contributed by atoms with Crippen LogP contribution in [0.25, 0.3) is 0 Å². The van der Waals surface area contributed by atoms with E-state index in [0.29, 0.717) is 17.7 Å². The molecule has 0 unspecified atom stereocenters. The third-order valence-electron chi connectivity index (χ3n) is 4.16. The van der Waals surface area contributed by atoms with E-state index in [1.807, 2.05) is 6.92 Å². The summed E-state index contributed by atoms with van der Waals surface area (Å²) in [4.78, 5) is 12.5. The standard InChI is InChI=1S/C18H17F2NO3S2/c1-11-7-13-8-12(3-6-16(13)21(11)26(2,23)24)17(22)10-25-18-9-14(19)4-5-15(18)20/h3-6,8-9,11H,7,10H2,1-2H3/t11-/m1/s1. The molecule has 0 amide bonds. The summed E-state index contributed by atoms with van der Waals surface area (Å²) < 4.78 is 52.1. The first-order valence-electron chi connectivity index (χ1n) is 7.90. The Hall–Kier alpha value is -1.93. The van der Waals surface area contributed by atoms with Gasteiger partial charge in [0, 0.05) is 16.5 Å². The first-order chi connectivity index (χ1) is 12.2. The number of Topliss-reactive ketones (excluding diaryl/α,β-unsaturated/α-hetero) is 1. The number of nitrogens with zero attached hydrogens (tertiary/aromatic N) is 1. The lowest BCUT2D eigenvalue weighted by atomic mass is 10.0. The lowest BCUT2D eigenvalue weighted by Gasteiger charge is -2.21. The largest absolute Gasteiger partial charge is 0.293 e. The minimum absolute atomic E-state index is 0.0372. The molecular formula is C18H17F2NO3S2. The highest BCUT2D eigenvalue weighted by Crippen LogP contribution is 2.35. The molecule has 0 aromatic heterocycles. The van der Waals surface area contributed by atoms with E-state index in [1.54, 1.807) is 18.2 Å². The van der Waals surface area contributed by atoms with Gasteiger partial charge in [0.25, 0.3) is 0 Å². The van der Waals surface area contributed by atoms with Crippen LogP contribution in [0.2, 0.25) is 0 Å². The van der Waals surface area contributed by atoms with Crippen molar-refractivity contribution in [3.8, 4) is 0 Å². The van der Waals surface area contributed by atoms with E-state index in [4.69, 9.17) is 0 Å². The van der Waals surface area contributed by atoms with E-state index in [0.717, 1.165) is 41.8 Å². The highest BCUT2D eigenvalue weighted by atomic mass is 32.2. The molecule has 8 heteroatoms. The second-order valence-corrected chi connectivity index (χ2v) is 9.12. The number of carbonyl (C=O) groups excluding carboxylic acids is 1. The van der Waals surface area contributed by atoms with Gasteiger partial charge in [-0.05, 0) is 55.3 Å². The Bertz CT molecular complexity index is 976. The number of hydrogen-bond acceptors (Lipinski definition) is 4. The predicted octanol–water partition coefficient (Wildman–Crippen LogP) is 3.65. The molecule has 1 heterocycles. The summed E-state index contributed by atoms with van der Waals surface area (Å²) in [5.74, 6) is -1.40. The quantitative estimate of drug-likeness (QED) is 0.571. The topological polar surface area (TPSA) is 54.5 Å². The summed E-state index contributed by atoms with van der Waals surface area (Å²) in [5, 5.41) is 0. The maximum atomic E-state index is 13.6. The van der Waals surface area contributed by atoms with Crippen molar-refractivity contribution in [2.75, 3.05) is 16.3 Å². The molecule has 0 radical (unpaired) electrons. The van der Waals surface area contributed by atoms with Crippen molar-refractivity contribution in [2.45, 2.75) is 24.3 Å². The summed E-state index contributed by atoms with van der Waals surface area (Å²) in [6.07, 6.45) is 1.68. The molecule has 1 atom stereocenters. The van der Waals surface area contributed by atoms with Gasteiger partial charge in [-0.2, -0.15) is 0 Å². The summed E-state index contributed by atoms with van der Waals surface area (Å²) in [6.45, 7) is 1.81. The first-order valence-corrected chi connectivity index (χ1v) is 10.7. The molecule has 2 aromatic carbocycles. The van der Waals surface area contributed by atoms with Crippen LogP contribution in [-0.2, 0) is 16.4 Å². The number of halogens is 2. The Morgan fingerprint density at radius 3 is 2.65 bits per heavy atom. The molecule has 2 aromatic rings. The molecule has 26 heavy (non-hydrogen) atoms. The number of sulfonamides is 1. The first kappa shape index (κ1) is 18.8. The number of benzene rings is 2. The molecule has 0 N–H and O–H groups in total. The number of anilines is 1. The Kier molecular flexibility index (Phi) is 5.07. The van der Waals surface area contributed by atoms with E-state index < -0.39 is 21.7 Å². The van der Waals surface area contributed by atoms with Gasteiger partial charge in [0.05, 0.1) is 17.7 Å². The lowest BCUT2D eigenvalue weighted by Crippen LogP contribution is -2.34. The molecule has 0 saturated heterocycles. The number of thioether (sulfide) groups is 1. The second kappa shape index (κ2) is 7.00. The molecule has 1 aliphatic rings. The molecule has 1 aliphatic heterocycles. The monoisotopic (exact) mass is 397 g/mol. The molecule has 0 spiro atoms. The fourth-order valence-electron chi connectivity index (χ4n) is 3.10. The molecule has 0 saturated carbocycles. The van der Waals surface area contributed by atoms with E-state index in [2.05, 4.69) is 0 Å². The number of fused-ring (bicyclic) bond motifs is 1. The van der Waals surface area contributed by atoms with Crippen molar-refractivity contribution < 1.29 is 22.0 Å². The maximum absolute atomic E-state index is 13.6. The normalized spacial score (nSPS) is 16.6. The SMILES string of the molecule is C[C@@H]1Cc2cc(C(=O)CSc3cc(F)ccc3F)ccc2N1S(C)(=O)=O. The van der Waals surface area contributed by atoms with Gasteiger partial charge in [0.15, 0.2) is 5.78 Å². The van der Waals surface area contributed by atoms with E-state index >= 15 is 0 Å². The highest BCUT2D eigenvalue weighted by Gasteiger charge is 2.32. The van der Waals surface area contributed by atoms with Gasteiger partial charge in [-0.3, -0.25) is 9.10 Å². The van der Waals surface area contributed by atoms with Crippen molar-refractivity contribution >= 4 is 33.3 Å². The van der Waals surface area contributed by atoms with Crippen LogP contribution < -0.4 is 4.31 Å². The van der Waals surface area contributed by atoms with E-state index in [1.165, 1.54) is 4.31 Å². The average Bonchev–Trinajstić information content (AvgIpc) is 2.90. The van der Waals surface area contributed by atoms with Gasteiger partial charge in [0.2, 0.25) is 10.0 Å². The van der Waals surface area contributed by atoms with E-state index in [-0.39, 0.29) is 22.5 Å². The van der Waals surface area contributed by atoms with Crippen LogP contribution in [0.4, 0.5) is 14.5 Å². The van der Waals surface area contributed by atoms with Crippen molar-refractivity contribution in [1.29, 1.82) is 0 Å². The van der Waals surface area contributed by atoms with Gasteiger partial charge in [0.1, 0.15) is 11.6 Å². The number of rotatable bonds is 5. The molecule has 0 aliphatic carbocycles. The summed E-state index contributed by atoms with van der Waals surface area (Å²) in [6, 6.07) is 7.78. The van der Waals surface area contributed by atoms with Crippen LogP contribution >= 0.6 is 11.8 Å². The Balaban J connectivity index is 1.78. The van der Waals surface area contributed by atoms with Crippen LogP contribution in [0, 0.1) is 11.6 Å². The zero-order chi connectivity index (χ0) is 19.1. The number of hydrogen-bond donors (Lipinski definition) is 0.